The van der Waals surface area contributed by atoms with Gasteiger partial charge < -0.3 is 5.32 Å². The van der Waals surface area contributed by atoms with E-state index in [0.717, 1.165) is 20.8 Å². The van der Waals surface area contributed by atoms with Gasteiger partial charge in [0, 0.05) is 15.8 Å². The van der Waals surface area contributed by atoms with Gasteiger partial charge in [-0.3, -0.25) is 0 Å². The van der Waals surface area contributed by atoms with Crippen LogP contribution in [0.25, 0.3) is 0 Å². The second kappa shape index (κ2) is 5.89. The molecule has 1 aromatic rings. The van der Waals surface area contributed by atoms with Crippen molar-refractivity contribution in [2.45, 2.75) is 6.92 Å². The number of hydrogen-bond acceptors (Lipinski definition) is 1. The van der Waals surface area contributed by atoms with Crippen molar-refractivity contribution in [3.8, 4) is 0 Å². The first kappa shape index (κ1) is 12.3. The minimum Gasteiger partial charge on any atom is -0.385 e. The quantitative estimate of drug-likeness (QED) is 0.818. The molecule has 4 heteroatoms. The number of rotatable bonds is 2. The molecule has 0 radical (unpaired) electrons. The zero-order valence-corrected chi connectivity index (χ0v) is 10.3. The van der Waals surface area contributed by atoms with Crippen LogP contribution in [0.5, 0.6) is 0 Å². The van der Waals surface area contributed by atoms with Gasteiger partial charge in [0.1, 0.15) is 0 Å². The van der Waals surface area contributed by atoms with Crippen LogP contribution >= 0.6 is 46.6 Å². The van der Waals surface area contributed by atoms with Crippen LogP contribution in [0, 0.1) is 3.57 Å². The predicted octanol–water partition coefficient (Wildman–Crippen LogP) is 3.80. The van der Waals surface area contributed by atoms with Crippen molar-refractivity contribution in [3.05, 3.63) is 26.8 Å². The molecule has 1 aromatic carbocycles. The average molecular weight is 318 g/mol. The molecule has 0 fully saturated rings. The standard InChI is InChI=1S/C8H9ClIN.ClH/c1-2-11-6-3-4-7(9)8(10)5-6;/h3-5,11H,2H2,1H3;1H. The van der Waals surface area contributed by atoms with Crippen molar-refractivity contribution in [1.29, 1.82) is 0 Å². The molecular weight excluding hydrogens is 308 g/mol. The van der Waals surface area contributed by atoms with Crippen molar-refractivity contribution >= 4 is 52.3 Å². The second-order valence-corrected chi connectivity index (χ2v) is 3.73. The monoisotopic (exact) mass is 317 g/mol. The molecule has 0 amide bonds. The van der Waals surface area contributed by atoms with Gasteiger partial charge in [-0.05, 0) is 47.7 Å². The summed E-state index contributed by atoms with van der Waals surface area (Å²) in [5.41, 5.74) is 1.13. The Balaban J connectivity index is 0.00000121. The largest absolute Gasteiger partial charge is 0.385 e. The van der Waals surface area contributed by atoms with E-state index in [1.807, 2.05) is 18.2 Å². The highest BCUT2D eigenvalue weighted by molar-refractivity contribution is 14.1. The summed E-state index contributed by atoms with van der Waals surface area (Å²) < 4.78 is 1.09. The van der Waals surface area contributed by atoms with Crippen molar-refractivity contribution in [2.24, 2.45) is 0 Å². The Labute approximate surface area is 97.4 Å². The van der Waals surface area contributed by atoms with Crippen molar-refractivity contribution in [2.75, 3.05) is 11.9 Å². The normalized spacial score (nSPS) is 8.92. The summed E-state index contributed by atoms with van der Waals surface area (Å²) in [6, 6.07) is 5.92. The number of hydrogen-bond donors (Lipinski definition) is 1. The maximum absolute atomic E-state index is 5.85. The molecule has 0 aliphatic heterocycles. The average Bonchev–Trinajstić information content (AvgIpc) is 1.98. The fourth-order valence-electron chi connectivity index (χ4n) is 0.810. The van der Waals surface area contributed by atoms with Gasteiger partial charge in [-0.15, -0.1) is 12.4 Å². The van der Waals surface area contributed by atoms with Crippen molar-refractivity contribution in [1.82, 2.24) is 0 Å². The molecule has 0 heterocycles. The molecule has 0 bridgehead atoms. The molecule has 68 valence electrons. The molecule has 0 aliphatic carbocycles. The Morgan fingerprint density at radius 2 is 2.17 bits per heavy atom. The highest BCUT2D eigenvalue weighted by Gasteiger charge is 1.96. The first-order chi connectivity index (χ1) is 5.24. The molecule has 0 saturated heterocycles. The molecule has 0 aromatic heterocycles. The molecular formula is C8H10Cl2IN. The van der Waals surface area contributed by atoms with E-state index in [0.29, 0.717) is 0 Å². The van der Waals surface area contributed by atoms with E-state index in [4.69, 9.17) is 11.6 Å². The number of benzene rings is 1. The van der Waals surface area contributed by atoms with Crippen LogP contribution < -0.4 is 5.32 Å². The summed E-state index contributed by atoms with van der Waals surface area (Å²) in [6.07, 6.45) is 0. The molecule has 0 atom stereocenters. The highest BCUT2D eigenvalue weighted by Crippen LogP contribution is 2.21. The van der Waals surface area contributed by atoms with Crippen molar-refractivity contribution in [3.63, 3.8) is 0 Å². The summed E-state index contributed by atoms with van der Waals surface area (Å²) in [5.74, 6) is 0. The van der Waals surface area contributed by atoms with E-state index in [-0.39, 0.29) is 12.4 Å². The third-order valence-corrected chi connectivity index (χ3v) is 2.84. The molecule has 12 heavy (non-hydrogen) atoms. The zero-order chi connectivity index (χ0) is 8.27. The minimum atomic E-state index is 0. The Morgan fingerprint density at radius 1 is 1.50 bits per heavy atom. The number of halogens is 3. The van der Waals surface area contributed by atoms with Gasteiger partial charge in [0.15, 0.2) is 0 Å². The lowest BCUT2D eigenvalue weighted by Crippen LogP contribution is -1.96. The topological polar surface area (TPSA) is 12.0 Å². The van der Waals surface area contributed by atoms with E-state index in [1.54, 1.807) is 0 Å². The second-order valence-electron chi connectivity index (χ2n) is 2.16. The third-order valence-electron chi connectivity index (χ3n) is 1.30. The molecule has 0 saturated carbocycles. The maximum atomic E-state index is 5.85. The van der Waals surface area contributed by atoms with E-state index in [2.05, 4.69) is 34.8 Å². The smallest absolute Gasteiger partial charge is 0.0540 e. The van der Waals surface area contributed by atoms with Crippen LogP contribution in [0.4, 0.5) is 5.69 Å². The Morgan fingerprint density at radius 3 is 2.67 bits per heavy atom. The van der Waals surface area contributed by atoms with Crippen LogP contribution in [-0.4, -0.2) is 6.54 Å². The van der Waals surface area contributed by atoms with Crippen LogP contribution in [0.3, 0.4) is 0 Å². The van der Waals surface area contributed by atoms with Crippen LogP contribution in [0.15, 0.2) is 18.2 Å². The van der Waals surface area contributed by atoms with Gasteiger partial charge in [0.05, 0.1) is 5.02 Å². The first-order valence-corrected chi connectivity index (χ1v) is 4.88. The summed E-state index contributed by atoms with van der Waals surface area (Å²) >= 11 is 8.06. The fraction of sp³-hybridized carbons (Fsp3) is 0.250. The van der Waals surface area contributed by atoms with Crippen LogP contribution in [-0.2, 0) is 0 Å². The van der Waals surface area contributed by atoms with Gasteiger partial charge in [-0.2, -0.15) is 0 Å². The third kappa shape index (κ3) is 3.37. The lowest BCUT2D eigenvalue weighted by molar-refractivity contribution is 1.21. The lowest BCUT2D eigenvalue weighted by atomic mass is 10.3. The number of anilines is 1. The molecule has 1 N–H and O–H groups in total. The first-order valence-electron chi connectivity index (χ1n) is 3.43. The molecule has 0 unspecified atom stereocenters. The van der Waals surface area contributed by atoms with Gasteiger partial charge in [-0.25, -0.2) is 0 Å². The highest BCUT2D eigenvalue weighted by atomic mass is 127. The fourth-order valence-corrected chi connectivity index (χ4v) is 1.44. The summed E-state index contributed by atoms with van der Waals surface area (Å²) in [6.45, 7) is 3.01. The minimum absolute atomic E-state index is 0. The molecule has 0 spiro atoms. The Kier molecular flexibility index (Phi) is 6.05. The molecule has 1 rings (SSSR count). The van der Waals surface area contributed by atoms with Crippen LogP contribution in [0.1, 0.15) is 6.92 Å². The maximum Gasteiger partial charge on any atom is 0.0540 e. The summed E-state index contributed by atoms with van der Waals surface area (Å²) in [4.78, 5) is 0. The summed E-state index contributed by atoms with van der Waals surface area (Å²) in [5, 5.41) is 4.02. The SMILES string of the molecule is CCNc1ccc(Cl)c(I)c1.Cl. The van der Waals surface area contributed by atoms with E-state index in [1.165, 1.54) is 0 Å². The van der Waals surface area contributed by atoms with Gasteiger partial charge >= 0.3 is 0 Å². The lowest BCUT2D eigenvalue weighted by Gasteiger charge is -2.03. The van der Waals surface area contributed by atoms with Crippen molar-refractivity contribution < 1.29 is 0 Å². The van der Waals surface area contributed by atoms with E-state index < -0.39 is 0 Å². The van der Waals surface area contributed by atoms with E-state index in [9.17, 15) is 0 Å². The Hall–Kier alpha value is 0.330. The number of nitrogens with one attached hydrogen (secondary N) is 1. The Bertz CT molecular complexity index is 253. The van der Waals surface area contributed by atoms with Gasteiger partial charge in [0.2, 0.25) is 0 Å². The van der Waals surface area contributed by atoms with E-state index >= 15 is 0 Å². The van der Waals surface area contributed by atoms with Gasteiger partial charge in [-0.1, -0.05) is 11.6 Å². The molecule has 0 aliphatic rings. The summed E-state index contributed by atoms with van der Waals surface area (Å²) in [7, 11) is 0. The van der Waals surface area contributed by atoms with Crippen LogP contribution in [0.2, 0.25) is 5.02 Å². The van der Waals surface area contributed by atoms with Gasteiger partial charge in [0.25, 0.3) is 0 Å². The predicted molar refractivity (Wildman–Crippen MR) is 65.6 cm³/mol. The zero-order valence-electron chi connectivity index (χ0n) is 6.60. The molecule has 1 nitrogen and oxygen atoms in total.